The Balaban J connectivity index is 1.98. The molecule has 1 heterocycles. The number of rotatable bonds is 5. The number of hydrogen-bond acceptors (Lipinski definition) is 2. The second kappa shape index (κ2) is 6.31. The zero-order valence-electron chi connectivity index (χ0n) is 10.9. The second-order valence-electron chi connectivity index (χ2n) is 4.42. The summed E-state index contributed by atoms with van der Waals surface area (Å²) < 4.78 is 2.18. The van der Waals surface area contributed by atoms with Gasteiger partial charge in [0.15, 0.2) is 0 Å². The van der Waals surface area contributed by atoms with Gasteiger partial charge in [0.2, 0.25) is 0 Å². The van der Waals surface area contributed by atoms with Crippen LogP contribution in [0.4, 0.5) is 5.69 Å². The highest BCUT2D eigenvalue weighted by molar-refractivity contribution is 6.32. The second-order valence-corrected chi connectivity index (χ2v) is 4.82. The van der Waals surface area contributed by atoms with Gasteiger partial charge in [0, 0.05) is 31.2 Å². The van der Waals surface area contributed by atoms with Crippen molar-refractivity contribution in [2.24, 2.45) is 0 Å². The maximum absolute atomic E-state index is 8.81. The summed E-state index contributed by atoms with van der Waals surface area (Å²) in [5, 5.41) is 12.6. The standard InChI is InChI=1S/C15H16ClN3/c1-2-6-19-7-5-12(11-19)10-18-14-4-3-13(9-17)15(16)8-14/h3-5,7-8,11,18H,2,6,10H2,1H3. The lowest BCUT2D eigenvalue weighted by Gasteiger charge is -2.06. The maximum Gasteiger partial charge on any atom is 0.101 e. The molecule has 0 amide bonds. The van der Waals surface area contributed by atoms with E-state index in [0.717, 1.165) is 25.2 Å². The number of hydrogen-bond donors (Lipinski definition) is 1. The van der Waals surface area contributed by atoms with Crippen molar-refractivity contribution in [1.29, 1.82) is 5.26 Å². The van der Waals surface area contributed by atoms with Crippen molar-refractivity contribution >= 4 is 17.3 Å². The first-order valence-corrected chi connectivity index (χ1v) is 6.69. The molecule has 0 spiro atoms. The molecule has 2 rings (SSSR count). The van der Waals surface area contributed by atoms with Crippen LogP contribution in [0.5, 0.6) is 0 Å². The van der Waals surface area contributed by atoms with Gasteiger partial charge < -0.3 is 9.88 Å². The molecular formula is C15H16ClN3. The average molecular weight is 274 g/mol. The topological polar surface area (TPSA) is 40.8 Å². The molecule has 0 saturated heterocycles. The van der Waals surface area contributed by atoms with Gasteiger partial charge in [-0.25, -0.2) is 0 Å². The van der Waals surface area contributed by atoms with Crippen LogP contribution in [0, 0.1) is 11.3 Å². The van der Waals surface area contributed by atoms with Crippen LogP contribution in [0.2, 0.25) is 5.02 Å². The van der Waals surface area contributed by atoms with Crippen molar-refractivity contribution in [3.63, 3.8) is 0 Å². The third-order valence-electron chi connectivity index (χ3n) is 2.88. The number of halogens is 1. The molecule has 1 aromatic heterocycles. The number of anilines is 1. The Kier molecular flexibility index (Phi) is 4.48. The molecule has 0 bridgehead atoms. The predicted octanol–water partition coefficient (Wildman–Crippen LogP) is 4.04. The van der Waals surface area contributed by atoms with Gasteiger partial charge in [0.1, 0.15) is 6.07 Å². The van der Waals surface area contributed by atoms with Gasteiger partial charge in [-0.15, -0.1) is 0 Å². The molecular weight excluding hydrogens is 258 g/mol. The van der Waals surface area contributed by atoms with Crippen molar-refractivity contribution in [3.8, 4) is 6.07 Å². The smallest absolute Gasteiger partial charge is 0.101 e. The number of aromatic nitrogens is 1. The number of benzene rings is 1. The van der Waals surface area contributed by atoms with E-state index in [4.69, 9.17) is 16.9 Å². The highest BCUT2D eigenvalue weighted by Gasteiger charge is 2.01. The van der Waals surface area contributed by atoms with E-state index in [0.29, 0.717) is 10.6 Å². The summed E-state index contributed by atoms with van der Waals surface area (Å²) in [6.45, 7) is 3.96. The van der Waals surface area contributed by atoms with Crippen molar-refractivity contribution in [2.45, 2.75) is 26.4 Å². The van der Waals surface area contributed by atoms with Crippen LogP contribution < -0.4 is 5.32 Å². The highest BCUT2D eigenvalue weighted by atomic mass is 35.5. The van der Waals surface area contributed by atoms with Gasteiger partial charge in [-0.1, -0.05) is 18.5 Å². The third kappa shape index (κ3) is 3.52. The van der Waals surface area contributed by atoms with Crippen LogP contribution in [0.25, 0.3) is 0 Å². The number of nitrogens with one attached hydrogen (secondary N) is 1. The van der Waals surface area contributed by atoms with Crippen molar-refractivity contribution in [3.05, 3.63) is 52.8 Å². The molecule has 0 saturated carbocycles. The summed E-state index contributed by atoms with van der Waals surface area (Å²) in [7, 11) is 0. The number of nitrogens with zero attached hydrogens (tertiary/aromatic N) is 2. The van der Waals surface area contributed by atoms with Crippen LogP contribution in [0.3, 0.4) is 0 Å². The first-order valence-electron chi connectivity index (χ1n) is 6.31. The molecule has 1 aromatic carbocycles. The van der Waals surface area contributed by atoms with Gasteiger partial charge >= 0.3 is 0 Å². The van der Waals surface area contributed by atoms with E-state index in [2.05, 4.69) is 41.3 Å². The minimum absolute atomic E-state index is 0.482. The minimum Gasteiger partial charge on any atom is -0.381 e. The lowest BCUT2D eigenvalue weighted by atomic mass is 10.2. The predicted molar refractivity (Wildman–Crippen MR) is 78.2 cm³/mol. The third-order valence-corrected chi connectivity index (χ3v) is 3.19. The van der Waals surface area contributed by atoms with E-state index in [-0.39, 0.29) is 0 Å². The first kappa shape index (κ1) is 13.5. The Bertz CT molecular complexity index is 596. The van der Waals surface area contributed by atoms with Crippen LogP contribution in [-0.4, -0.2) is 4.57 Å². The molecule has 2 aromatic rings. The lowest BCUT2D eigenvalue weighted by Crippen LogP contribution is -1.99. The SMILES string of the molecule is CCCn1ccc(CNc2ccc(C#N)c(Cl)c2)c1. The zero-order valence-corrected chi connectivity index (χ0v) is 11.6. The summed E-state index contributed by atoms with van der Waals surface area (Å²) >= 11 is 5.99. The molecule has 0 fully saturated rings. The Morgan fingerprint density at radius 2 is 2.21 bits per heavy atom. The van der Waals surface area contributed by atoms with Crippen LogP contribution in [-0.2, 0) is 13.1 Å². The molecule has 0 aliphatic rings. The molecule has 1 N–H and O–H groups in total. The van der Waals surface area contributed by atoms with Gasteiger partial charge in [-0.3, -0.25) is 0 Å². The quantitative estimate of drug-likeness (QED) is 0.893. The molecule has 0 unspecified atom stereocenters. The summed E-state index contributed by atoms with van der Waals surface area (Å²) in [6.07, 6.45) is 5.36. The van der Waals surface area contributed by atoms with Gasteiger partial charge in [0.25, 0.3) is 0 Å². The first-order chi connectivity index (χ1) is 9.22. The van der Waals surface area contributed by atoms with E-state index in [1.807, 2.05) is 6.07 Å². The van der Waals surface area contributed by atoms with Gasteiger partial charge in [0.05, 0.1) is 10.6 Å². The lowest BCUT2D eigenvalue weighted by molar-refractivity contribution is 0.682. The largest absolute Gasteiger partial charge is 0.381 e. The highest BCUT2D eigenvalue weighted by Crippen LogP contribution is 2.20. The molecule has 19 heavy (non-hydrogen) atoms. The average Bonchev–Trinajstić information content (AvgIpc) is 2.85. The molecule has 0 aliphatic carbocycles. The number of nitriles is 1. The molecule has 4 heteroatoms. The molecule has 0 radical (unpaired) electrons. The van der Waals surface area contributed by atoms with E-state index in [1.165, 1.54) is 5.56 Å². The molecule has 0 aliphatic heterocycles. The van der Waals surface area contributed by atoms with Gasteiger partial charge in [-0.2, -0.15) is 5.26 Å². The van der Waals surface area contributed by atoms with Crippen LogP contribution in [0.15, 0.2) is 36.7 Å². The summed E-state index contributed by atoms with van der Waals surface area (Å²) in [6, 6.07) is 9.53. The van der Waals surface area contributed by atoms with E-state index in [9.17, 15) is 0 Å². The minimum atomic E-state index is 0.482. The zero-order chi connectivity index (χ0) is 13.7. The fourth-order valence-corrected chi connectivity index (χ4v) is 2.14. The van der Waals surface area contributed by atoms with Gasteiger partial charge in [-0.05, 0) is 36.2 Å². The molecule has 0 atom stereocenters. The Morgan fingerprint density at radius 3 is 2.89 bits per heavy atom. The van der Waals surface area contributed by atoms with E-state index in [1.54, 1.807) is 12.1 Å². The van der Waals surface area contributed by atoms with Crippen molar-refractivity contribution < 1.29 is 0 Å². The fourth-order valence-electron chi connectivity index (χ4n) is 1.91. The van der Waals surface area contributed by atoms with Crippen molar-refractivity contribution in [1.82, 2.24) is 4.57 Å². The van der Waals surface area contributed by atoms with Crippen molar-refractivity contribution in [2.75, 3.05) is 5.32 Å². The van der Waals surface area contributed by atoms with E-state index < -0.39 is 0 Å². The molecule has 98 valence electrons. The number of aryl methyl sites for hydroxylation is 1. The Labute approximate surface area is 118 Å². The van der Waals surface area contributed by atoms with E-state index >= 15 is 0 Å². The van der Waals surface area contributed by atoms with Crippen LogP contribution >= 0.6 is 11.6 Å². The Morgan fingerprint density at radius 1 is 1.37 bits per heavy atom. The Hall–Kier alpha value is -1.92. The maximum atomic E-state index is 8.81. The normalized spacial score (nSPS) is 10.2. The fraction of sp³-hybridized carbons (Fsp3) is 0.267. The summed E-state index contributed by atoms with van der Waals surface area (Å²) in [5.41, 5.74) is 2.66. The van der Waals surface area contributed by atoms with Crippen LogP contribution in [0.1, 0.15) is 24.5 Å². The summed E-state index contributed by atoms with van der Waals surface area (Å²) in [5.74, 6) is 0. The monoisotopic (exact) mass is 273 g/mol. The summed E-state index contributed by atoms with van der Waals surface area (Å²) in [4.78, 5) is 0. The molecule has 3 nitrogen and oxygen atoms in total.